The number of ether oxygens (including phenoxy) is 1. The zero-order valence-electron chi connectivity index (χ0n) is 14.4. The standard InChI is InChI=1S/C18H25N3O3/c1-19-8-7-15(18(19)23)20-9-11-21(12-10-20)17(22)13-14-5-3-4-6-16(14)24-2/h3-6,15H,7-13H2,1-2H3. The maximum Gasteiger partial charge on any atom is 0.239 e. The number of nitrogens with zero attached hydrogens (tertiary/aromatic N) is 3. The fourth-order valence-corrected chi connectivity index (χ4v) is 3.55. The first-order valence-corrected chi connectivity index (χ1v) is 8.49. The first kappa shape index (κ1) is 16.8. The highest BCUT2D eigenvalue weighted by molar-refractivity contribution is 5.84. The Bertz CT molecular complexity index is 611. The van der Waals surface area contributed by atoms with E-state index >= 15 is 0 Å². The first-order valence-electron chi connectivity index (χ1n) is 8.49. The van der Waals surface area contributed by atoms with Crippen LogP contribution in [0.1, 0.15) is 12.0 Å². The Morgan fingerprint density at radius 2 is 1.88 bits per heavy atom. The van der Waals surface area contributed by atoms with Crippen molar-refractivity contribution in [3.63, 3.8) is 0 Å². The van der Waals surface area contributed by atoms with E-state index in [2.05, 4.69) is 4.90 Å². The maximum absolute atomic E-state index is 12.6. The molecule has 0 N–H and O–H groups in total. The smallest absolute Gasteiger partial charge is 0.239 e. The number of para-hydroxylation sites is 1. The van der Waals surface area contributed by atoms with Gasteiger partial charge in [-0.25, -0.2) is 0 Å². The molecule has 0 aromatic heterocycles. The van der Waals surface area contributed by atoms with E-state index in [9.17, 15) is 9.59 Å². The second-order valence-electron chi connectivity index (χ2n) is 6.47. The van der Waals surface area contributed by atoms with Crippen LogP contribution >= 0.6 is 0 Å². The average molecular weight is 331 g/mol. The van der Waals surface area contributed by atoms with Gasteiger partial charge in [-0.1, -0.05) is 18.2 Å². The van der Waals surface area contributed by atoms with Crippen LogP contribution in [0.25, 0.3) is 0 Å². The molecule has 2 aliphatic heterocycles. The van der Waals surface area contributed by atoms with Crippen LogP contribution in [-0.2, 0) is 16.0 Å². The molecular formula is C18H25N3O3. The molecule has 2 aliphatic rings. The largest absolute Gasteiger partial charge is 0.496 e. The Morgan fingerprint density at radius 3 is 2.50 bits per heavy atom. The lowest BCUT2D eigenvalue weighted by atomic mass is 10.1. The van der Waals surface area contributed by atoms with Crippen LogP contribution in [0, 0.1) is 0 Å². The topological polar surface area (TPSA) is 53.1 Å². The molecule has 2 heterocycles. The molecule has 0 radical (unpaired) electrons. The van der Waals surface area contributed by atoms with Gasteiger partial charge in [0, 0.05) is 45.3 Å². The molecule has 1 aromatic rings. The molecule has 0 bridgehead atoms. The zero-order valence-corrected chi connectivity index (χ0v) is 14.4. The summed E-state index contributed by atoms with van der Waals surface area (Å²) in [7, 11) is 3.48. The number of carbonyl (C=O) groups excluding carboxylic acids is 2. The molecular weight excluding hydrogens is 306 g/mol. The van der Waals surface area contributed by atoms with Crippen LogP contribution in [0.4, 0.5) is 0 Å². The predicted octanol–water partition coefficient (Wildman–Crippen LogP) is 0.613. The Hall–Kier alpha value is -2.08. The van der Waals surface area contributed by atoms with Crippen molar-refractivity contribution in [2.75, 3.05) is 46.9 Å². The number of likely N-dealkylation sites (N-methyl/N-ethyl adjacent to an activating group) is 1. The molecule has 1 atom stereocenters. The monoisotopic (exact) mass is 331 g/mol. The van der Waals surface area contributed by atoms with Crippen LogP contribution in [0.5, 0.6) is 5.75 Å². The molecule has 6 nitrogen and oxygen atoms in total. The van der Waals surface area contributed by atoms with Gasteiger partial charge in [-0.2, -0.15) is 0 Å². The molecule has 1 aromatic carbocycles. The summed E-state index contributed by atoms with van der Waals surface area (Å²) in [5.41, 5.74) is 0.917. The molecule has 0 spiro atoms. The van der Waals surface area contributed by atoms with Gasteiger partial charge in [0.15, 0.2) is 0 Å². The van der Waals surface area contributed by atoms with E-state index in [1.54, 1.807) is 12.0 Å². The van der Waals surface area contributed by atoms with Crippen molar-refractivity contribution in [1.82, 2.24) is 14.7 Å². The van der Waals surface area contributed by atoms with Crippen molar-refractivity contribution in [1.29, 1.82) is 0 Å². The third-order valence-electron chi connectivity index (χ3n) is 5.04. The van der Waals surface area contributed by atoms with Crippen LogP contribution < -0.4 is 4.74 Å². The second-order valence-corrected chi connectivity index (χ2v) is 6.47. The van der Waals surface area contributed by atoms with Gasteiger partial charge in [0.25, 0.3) is 0 Å². The van der Waals surface area contributed by atoms with E-state index in [4.69, 9.17) is 4.74 Å². The summed E-state index contributed by atoms with van der Waals surface area (Å²) >= 11 is 0. The van der Waals surface area contributed by atoms with E-state index in [1.807, 2.05) is 36.2 Å². The molecule has 130 valence electrons. The average Bonchev–Trinajstić information content (AvgIpc) is 2.94. The van der Waals surface area contributed by atoms with E-state index < -0.39 is 0 Å². The van der Waals surface area contributed by atoms with Gasteiger partial charge in [-0.3, -0.25) is 14.5 Å². The van der Waals surface area contributed by atoms with Crippen molar-refractivity contribution in [3.05, 3.63) is 29.8 Å². The summed E-state index contributed by atoms with van der Waals surface area (Å²) in [5, 5.41) is 0. The molecule has 2 saturated heterocycles. The lowest BCUT2D eigenvalue weighted by Gasteiger charge is -2.37. The fourth-order valence-electron chi connectivity index (χ4n) is 3.55. The molecule has 1 unspecified atom stereocenters. The van der Waals surface area contributed by atoms with Gasteiger partial charge in [-0.15, -0.1) is 0 Å². The highest BCUT2D eigenvalue weighted by atomic mass is 16.5. The van der Waals surface area contributed by atoms with Gasteiger partial charge in [0.2, 0.25) is 11.8 Å². The Balaban J connectivity index is 1.55. The quantitative estimate of drug-likeness (QED) is 0.811. The van der Waals surface area contributed by atoms with Gasteiger partial charge in [0.1, 0.15) is 5.75 Å². The number of hydrogen-bond donors (Lipinski definition) is 0. The molecule has 2 fully saturated rings. The van der Waals surface area contributed by atoms with E-state index in [0.29, 0.717) is 19.5 Å². The van der Waals surface area contributed by atoms with Crippen molar-refractivity contribution < 1.29 is 14.3 Å². The highest BCUT2D eigenvalue weighted by Gasteiger charge is 2.35. The minimum absolute atomic E-state index is 0.00136. The Labute approximate surface area is 143 Å². The molecule has 6 heteroatoms. The van der Waals surface area contributed by atoms with E-state index in [1.165, 1.54) is 0 Å². The summed E-state index contributed by atoms with van der Waals surface area (Å²) in [5.74, 6) is 1.09. The van der Waals surface area contributed by atoms with Crippen LogP contribution in [0.15, 0.2) is 24.3 Å². The summed E-state index contributed by atoms with van der Waals surface area (Å²) in [6.07, 6.45) is 1.25. The Kier molecular flexibility index (Phi) is 5.04. The van der Waals surface area contributed by atoms with Gasteiger partial charge in [0.05, 0.1) is 19.6 Å². The third kappa shape index (κ3) is 3.38. The lowest BCUT2D eigenvalue weighted by Crippen LogP contribution is -2.53. The summed E-state index contributed by atoms with van der Waals surface area (Å²) in [4.78, 5) is 30.6. The Morgan fingerprint density at radius 1 is 1.17 bits per heavy atom. The normalized spacial score (nSPS) is 22.1. The molecule has 0 aliphatic carbocycles. The fraction of sp³-hybridized carbons (Fsp3) is 0.556. The number of piperazine rings is 1. The number of rotatable bonds is 4. The molecule has 0 saturated carbocycles. The van der Waals surface area contributed by atoms with E-state index in [0.717, 1.165) is 37.4 Å². The van der Waals surface area contributed by atoms with Gasteiger partial charge < -0.3 is 14.5 Å². The van der Waals surface area contributed by atoms with Crippen molar-refractivity contribution in [2.24, 2.45) is 0 Å². The van der Waals surface area contributed by atoms with Gasteiger partial charge >= 0.3 is 0 Å². The maximum atomic E-state index is 12.6. The van der Waals surface area contributed by atoms with Crippen molar-refractivity contribution >= 4 is 11.8 Å². The van der Waals surface area contributed by atoms with Crippen molar-refractivity contribution in [2.45, 2.75) is 18.9 Å². The number of benzene rings is 1. The van der Waals surface area contributed by atoms with Crippen LogP contribution in [0.3, 0.4) is 0 Å². The molecule has 24 heavy (non-hydrogen) atoms. The van der Waals surface area contributed by atoms with E-state index in [-0.39, 0.29) is 17.9 Å². The minimum Gasteiger partial charge on any atom is -0.496 e. The summed E-state index contributed by atoms with van der Waals surface area (Å²) in [6.45, 7) is 3.73. The van der Waals surface area contributed by atoms with Crippen LogP contribution in [-0.4, -0.2) is 79.4 Å². The van der Waals surface area contributed by atoms with Crippen LogP contribution in [0.2, 0.25) is 0 Å². The summed E-state index contributed by atoms with van der Waals surface area (Å²) < 4.78 is 5.32. The lowest BCUT2D eigenvalue weighted by molar-refractivity contribution is -0.134. The third-order valence-corrected chi connectivity index (χ3v) is 5.04. The zero-order chi connectivity index (χ0) is 17.1. The van der Waals surface area contributed by atoms with Crippen molar-refractivity contribution in [3.8, 4) is 5.75 Å². The minimum atomic E-state index is 0.00136. The first-order chi connectivity index (χ1) is 11.6. The number of carbonyl (C=O) groups is 2. The van der Waals surface area contributed by atoms with Gasteiger partial charge in [-0.05, 0) is 12.5 Å². The SMILES string of the molecule is COc1ccccc1CC(=O)N1CCN(C2CCN(C)C2=O)CC1. The molecule has 2 amide bonds. The number of likely N-dealkylation sites (tertiary alicyclic amines) is 1. The number of hydrogen-bond acceptors (Lipinski definition) is 4. The summed E-state index contributed by atoms with van der Waals surface area (Å²) in [6, 6.07) is 7.64. The number of amides is 2. The highest BCUT2D eigenvalue weighted by Crippen LogP contribution is 2.20. The second kappa shape index (κ2) is 7.21. The molecule has 3 rings (SSSR count). The predicted molar refractivity (Wildman–Crippen MR) is 90.9 cm³/mol. The number of methoxy groups -OCH3 is 1.